The van der Waals surface area contributed by atoms with Crippen molar-refractivity contribution in [2.75, 3.05) is 19.1 Å². The molecule has 2 atom stereocenters. The van der Waals surface area contributed by atoms with Gasteiger partial charge in [-0.15, -0.1) is 5.48 Å². The number of rotatable bonds is 9. The van der Waals surface area contributed by atoms with Gasteiger partial charge in [-0.2, -0.15) is 16.8 Å². The van der Waals surface area contributed by atoms with Crippen LogP contribution < -0.4 is 16.9 Å². The maximum Gasteiger partial charge on any atom is 0.341 e. The Hall–Kier alpha value is -1.61. The van der Waals surface area contributed by atoms with Gasteiger partial charge < -0.3 is 16.3 Å². The SMILES string of the molecule is CC(Cc1ccccc1)NOC(=O)[C@@H](N)CCCCN.CS(=O)(=O)O.CS(=O)(=O)O. The number of hydrogen-bond acceptors (Lipinski definition) is 9. The van der Waals surface area contributed by atoms with Gasteiger partial charge in [-0.25, -0.2) is 4.79 Å². The average molecular weight is 472 g/mol. The Morgan fingerprint density at radius 2 is 1.53 bits per heavy atom. The van der Waals surface area contributed by atoms with Crippen molar-refractivity contribution < 1.29 is 35.6 Å². The highest BCUT2D eigenvalue weighted by atomic mass is 32.2. The maximum absolute atomic E-state index is 11.7. The minimum Gasteiger partial charge on any atom is -0.369 e. The van der Waals surface area contributed by atoms with Gasteiger partial charge in [0.15, 0.2) is 0 Å². The number of nitrogens with two attached hydrogens (primary N) is 2. The van der Waals surface area contributed by atoms with Crippen molar-refractivity contribution in [3.63, 3.8) is 0 Å². The molecule has 0 amide bonds. The van der Waals surface area contributed by atoms with Crippen LogP contribution in [0.25, 0.3) is 0 Å². The fourth-order valence-corrected chi connectivity index (χ4v) is 1.87. The molecule has 1 aromatic carbocycles. The molecule has 0 heterocycles. The molecule has 0 spiro atoms. The van der Waals surface area contributed by atoms with E-state index in [9.17, 15) is 21.6 Å². The van der Waals surface area contributed by atoms with Gasteiger partial charge in [0.25, 0.3) is 20.2 Å². The van der Waals surface area contributed by atoms with Gasteiger partial charge in [-0.05, 0) is 38.3 Å². The molecule has 0 aromatic heterocycles. The van der Waals surface area contributed by atoms with Gasteiger partial charge in [-0.3, -0.25) is 9.11 Å². The first-order valence-corrected chi connectivity index (χ1v) is 12.6. The van der Waals surface area contributed by atoms with Gasteiger partial charge >= 0.3 is 5.97 Å². The predicted octanol–water partition coefficient (Wildman–Crippen LogP) is 0.130. The number of nitrogens with one attached hydrogen (secondary N) is 1. The van der Waals surface area contributed by atoms with Crippen molar-refractivity contribution in [3.8, 4) is 0 Å². The molecule has 11 nitrogen and oxygen atoms in total. The second kappa shape index (κ2) is 16.1. The van der Waals surface area contributed by atoms with E-state index in [1.807, 2.05) is 37.3 Å². The topological polar surface area (TPSA) is 199 Å². The van der Waals surface area contributed by atoms with E-state index in [-0.39, 0.29) is 6.04 Å². The highest BCUT2D eigenvalue weighted by molar-refractivity contribution is 7.85. The first kappa shape index (κ1) is 30.6. The van der Waals surface area contributed by atoms with Crippen LogP contribution in [0.2, 0.25) is 0 Å². The van der Waals surface area contributed by atoms with Crippen LogP contribution in [0.3, 0.4) is 0 Å². The predicted molar refractivity (Wildman–Crippen MR) is 115 cm³/mol. The third kappa shape index (κ3) is 28.6. The van der Waals surface area contributed by atoms with E-state index in [1.54, 1.807) is 0 Å². The monoisotopic (exact) mass is 471 g/mol. The van der Waals surface area contributed by atoms with E-state index >= 15 is 0 Å². The molecule has 0 aliphatic carbocycles. The highest BCUT2D eigenvalue weighted by Crippen LogP contribution is 2.03. The van der Waals surface area contributed by atoms with Crippen LogP contribution in [0.4, 0.5) is 0 Å². The molecule has 0 aliphatic rings. The number of carbonyl (C=O) groups is 1. The summed E-state index contributed by atoms with van der Waals surface area (Å²) < 4.78 is 51.7. The van der Waals surface area contributed by atoms with Gasteiger partial charge in [0.2, 0.25) is 0 Å². The third-order valence-corrected chi connectivity index (χ3v) is 3.02. The van der Waals surface area contributed by atoms with Crippen LogP contribution in [-0.4, -0.2) is 63.1 Å². The lowest BCUT2D eigenvalue weighted by atomic mass is 10.1. The van der Waals surface area contributed by atoms with E-state index in [0.717, 1.165) is 19.3 Å². The quantitative estimate of drug-likeness (QED) is 0.186. The Kier molecular flexibility index (Phi) is 16.4. The number of unbranched alkanes of at least 4 members (excludes halogenated alkanes) is 1. The molecule has 30 heavy (non-hydrogen) atoms. The lowest BCUT2D eigenvalue weighted by molar-refractivity contribution is -0.154. The zero-order chi connectivity index (χ0) is 23.8. The first-order valence-electron chi connectivity index (χ1n) is 8.94. The molecule has 0 saturated heterocycles. The molecule has 1 unspecified atom stereocenters. The Balaban J connectivity index is 0. The molecule has 1 aromatic rings. The second-order valence-electron chi connectivity index (χ2n) is 6.49. The third-order valence-electron chi connectivity index (χ3n) is 3.02. The van der Waals surface area contributed by atoms with Crippen molar-refractivity contribution >= 4 is 26.2 Å². The van der Waals surface area contributed by atoms with Crippen molar-refractivity contribution in [2.24, 2.45) is 11.5 Å². The molecule has 176 valence electrons. The van der Waals surface area contributed by atoms with Gasteiger partial charge in [0.1, 0.15) is 6.04 Å². The summed E-state index contributed by atoms with van der Waals surface area (Å²) in [6.07, 6.45) is 4.53. The van der Waals surface area contributed by atoms with Crippen LogP contribution in [-0.2, 0) is 36.3 Å². The van der Waals surface area contributed by atoms with Crippen LogP contribution in [0.1, 0.15) is 31.7 Å². The van der Waals surface area contributed by atoms with Crippen LogP contribution >= 0.6 is 0 Å². The Morgan fingerprint density at radius 3 is 1.97 bits per heavy atom. The summed E-state index contributed by atoms with van der Waals surface area (Å²) in [5, 5.41) is 0. The summed E-state index contributed by atoms with van der Waals surface area (Å²) in [7, 11) is -7.33. The smallest absolute Gasteiger partial charge is 0.341 e. The molecule has 0 radical (unpaired) electrons. The fraction of sp³-hybridized carbons (Fsp3) is 0.588. The fourth-order valence-electron chi connectivity index (χ4n) is 1.87. The molecule has 13 heteroatoms. The Labute approximate surface area is 178 Å². The minimum atomic E-state index is -3.67. The molecule has 0 fully saturated rings. The molecule has 7 N–H and O–H groups in total. The second-order valence-corrected chi connectivity index (χ2v) is 9.42. The standard InChI is InChI=1S/C15H25N3O2.2CH4O3S/c1-12(11-13-7-3-2-4-8-13)18-20-15(19)14(17)9-5-6-10-16;2*1-5(2,3)4/h2-4,7-8,12,14,18H,5-6,9-11,16-17H2,1H3;2*1H3,(H,2,3,4)/t12?,14-;;/m0../s1. The summed E-state index contributed by atoms with van der Waals surface area (Å²) in [6.45, 7) is 2.58. The van der Waals surface area contributed by atoms with Gasteiger partial charge in [-0.1, -0.05) is 36.8 Å². The number of hydrogen-bond donors (Lipinski definition) is 5. The number of benzene rings is 1. The van der Waals surface area contributed by atoms with E-state index in [0.29, 0.717) is 25.5 Å². The Morgan fingerprint density at radius 1 is 1.07 bits per heavy atom. The molecule has 1 rings (SSSR count). The Bertz CT molecular complexity index is 740. The number of hydroxylamine groups is 1. The zero-order valence-corrected chi connectivity index (χ0v) is 19.0. The normalized spacial score (nSPS) is 13.0. The summed E-state index contributed by atoms with van der Waals surface area (Å²) in [4.78, 5) is 16.7. The van der Waals surface area contributed by atoms with Crippen LogP contribution in [0.5, 0.6) is 0 Å². The summed E-state index contributed by atoms with van der Waals surface area (Å²) in [5.41, 5.74) is 15.1. The minimum absolute atomic E-state index is 0.0394. The molecular weight excluding hydrogens is 438 g/mol. The highest BCUT2D eigenvalue weighted by Gasteiger charge is 2.16. The molecule has 0 saturated carbocycles. The van der Waals surface area contributed by atoms with Crippen molar-refractivity contribution in [1.29, 1.82) is 0 Å². The lowest BCUT2D eigenvalue weighted by Gasteiger charge is -2.16. The molecule has 0 bridgehead atoms. The summed E-state index contributed by atoms with van der Waals surface area (Å²) >= 11 is 0. The average Bonchev–Trinajstić information content (AvgIpc) is 2.57. The summed E-state index contributed by atoms with van der Waals surface area (Å²) in [5.74, 6) is -0.415. The summed E-state index contributed by atoms with van der Waals surface area (Å²) in [6, 6.07) is 9.48. The van der Waals surface area contributed by atoms with Crippen molar-refractivity contribution in [3.05, 3.63) is 35.9 Å². The zero-order valence-electron chi connectivity index (χ0n) is 17.4. The van der Waals surface area contributed by atoms with E-state index in [4.69, 9.17) is 25.4 Å². The van der Waals surface area contributed by atoms with Crippen LogP contribution in [0.15, 0.2) is 30.3 Å². The number of carbonyl (C=O) groups excluding carboxylic acids is 1. The lowest BCUT2D eigenvalue weighted by Crippen LogP contribution is -2.39. The first-order chi connectivity index (χ1) is 13.6. The van der Waals surface area contributed by atoms with Crippen molar-refractivity contribution in [1.82, 2.24) is 5.48 Å². The van der Waals surface area contributed by atoms with E-state index < -0.39 is 32.2 Å². The van der Waals surface area contributed by atoms with Gasteiger partial charge in [0, 0.05) is 6.04 Å². The van der Waals surface area contributed by atoms with E-state index in [1.165, 1.54) is 5.56 Å². The van der Waals surface area contributed by atoms with Crippen molar-refractivity contribution in [2.45, 2.75) is 44.7 Å². The van der Waals surface area contributed by atoms with Gasteiger partial charge in [0.05, 0.1) is 12.5 Å². The molecular formula is C17H33N3O8S2. The maximum atomic E-state index is 11.7. The largest absolute Gasteiger partial charge is 0.369 e. The van der Waals surface area contributed by atoms with E-state index in [2.05, 4.69) is 5.48 Å². The molecule has 0 aliphatic heterocycles. The van der Waals surface area contributed by atoms with Crippen LogP contribution in [0, 0.1) is 0 Å².